The maximum absolute atomic E-state index is 12.4. The molecule has 2 aromatic heterocycles. The number of imidazole rings is 1. The predicted molar refractivity (Wildman–Crippen MR) is 70.3 cm³/mol. The van der Waals surface area contributed by atoms with E-state index in [-0.39, 0.29) is 11.1 Å². The minimum atomic E-state index is -3.48. The summed E-state index contributed by atoms with van der Waals surface area (Å²) in [6.45, 7) is 0.951. The molecule has 3 heterocycles. The van der Waals surface area contributed by atoms with Crippen LogP contribution in [0, 0.1) is 0 Å². The van der Waals surface area contributed by atoms with Crippen LogP contribution < -0.4 is 0 Å². The Morgan fingerprint density at radius 3 is 2.60 bits per heavy atom. The summed E-state index contributed by atoms with van der Waals surface area (Å²) in [6, 6.07) is 0.215. The Kier molecular flexibility index (Phi) is 3.30. The second-order valence-electron chi connectivity index (χ2n) is 4.90. The number of nitrogens with zero attached hydrogens (tertiary/aromatic N) is 6. The SMILES string of the molecule is Cn1cnc(S(=O)(=O)N2CCC(n3ccnn3)CC2)c1. The van der Waals surface area contributed by atoms with Gasteiger partial charge >= 0.3 is 0 Å². The molecule has 1 aliphatic rings. The third-order valence-corrected chi connectivity index (χ3v) is 5.31. The summed E-state index contributed by atoms with van der Waals surface area (Å²) in [7, 11) is -1.72. The van der Waals surface area contributed by atoms with Crippen molar-refractivity contribution in [2.24, 2.45) is 7.05 Å². The molecule has 3 rings (SSSR count). The fourth-order valence-corrected chi connectivity index (χ4v) is 3.85. The molecular weight excluding hydrogens is 280 g/mol. The van der Waals surface area contributed by atoms with Gasteiger partial charge in [0.05, 0.1) is 18.6 Å². The van der Waals surface area contributed by atoms with Crippen molar-refractivity contribution in [1.29, 1.82) is 0 Å². The molecule has 0 amide bonds. The van der Waals surface area contributed by atoms with Gasteiger partial charge in [0.25, 0.3) is 10.0 Å². The number of aryl methyl sites for hydroxylation is 1. The van der Waals surface area contributed by atoms with E-state index in [1.807, 2.05) is 6.20 Å². The average molecular weight is 296 g/mol. The van der Waals surface area contributed by atoms with Crippen LogP contribution in [0.2, 0.25) is 0 Å². The molecule has 1 aliphatic heterocycles. The fourth-order valence-electron chi connectivity index (χ4n) is 2.41. The first-order valence-corrected chi connectivity index (χ1v) is 7.85. The van der Waals surface area contributed by atoms with Gasteiger partial charge in [-0.2, -0.15) is 4.31 Å². The van der Waals surface area contributed by atoms with E-state index in [9.17, 15) is 8.42 Å². The van der Waals surface area contributed by atoms with E-state index in [1.165, 1.54) is 16.8 Å². The monoisotopic (exact) mass is 296 g/mol. The molecule has 0 atom stereocenters. The van der Waals surface area contributed by atoms with E-state index < -0.39 is 10.0 Å². The third kappa shape index (κ3) is 2.34. The number of piperidine rings is 1. The van der Waals surface area contributed by atoms with E-state index in [2.05, 4.69) is 15.3 Å². The van der Waals surface area contributed by atoms with Crippen molar-refractivity contribution in [2.45, 2.75) is 23.9 Å². The summed E-state index contributed by atoms with van der Waals surface area (Å²) in [5.41, 5.74) is 0. The van der Waals surface area contributed by atoms with E-state index in [0.29, 0.717) is 13.1 Å². The Balaban J connectivity index is 1.72. The number of aromatic nitrogens is 5. The first-order chi connectivity index (χ1) is 9.57. The van der Waals surface area contributed by atoms with E-state index in [4.69, 9.17) is 0 Å². The average Bonchev–Trinajstić information content (AvgIpc) is 3.10. The van der Waals surface area contributed by atoms with Crippen LogP contribution in [0.4, 0.5) is 0 Å². The number of hydrogen-bond donors (Lipinski definition) is 0. The smallest absolute Gasteiger partial charge is 0.262 e. The van der Waals surface area contributed by atoms with Gasteiger partial charge < -0.3 is 4.57 Å². The van der Waals surface area contributed by atoms with Crippen molar-refractivity contribution >= 4 is 10.0 Å². The molecule has 0 unspecified atom stereocenters. The van der Waals surface area contributed by atoms with Crippen LogP contribution in [0.1, 0.15) is 18.9 Å². The number of rotatable bonds is 3. The predicted octanol–water partition coefficient (Wildman–Crippen LogP) is 0.0374. The van der Waals surface area contributed by atoms with Gasteiger partial charge in [0.15, 0.2) is 5.03 Å². The van der Waals surface area contributed by atoms with Crippen LogP contribution in [0.15, 0.2) is 29.9 Å². The van der Waals surface area contributed by atoms with E-state index in [1.54, 1.807) is 22.5 Å². The van der Waals surface area contributed by atoms with Crippen LogP contribution in [-0.4, -0.2) is 50.4 Å². The van der Waals surface area contributed by atoms with Crippen molar-refractivity contribution in [3.8, 4) is 0 Å². The highest BCUT2D eigenvalue weighted by atomic mass is 32.2. The standard InChI is InChI=1S/C11H16N6O2S/c1-15-8-11(12-9-15)20(18,19)16-5-2-10(3-6-16)17-7-4-13-14-17/h4,7-10H,2-3,5-6H2,1H3. The Morgan fingerprint density at radius 1 is 1.30 bits per heavy atom. The summed E-state index contributed by atoms with van der Waals surface area (Å²) in [6.07, 6.45) is 7.93. The van der Waals surface area contributed by atoms with E-state index >= 15 is 0 Å². The highest BCUT2D eigenvalue weighted by Crippen LogP contribution is 2.25. The van der Waals surface area contributed by atoms with Gasteiger partial charge in [0, 0.05) is 32.5 Å². The third-order valence-electron chi connectivity index (χ3n) is 3.52. The Bertz CT molecular complexity index is 670. The van der Waals surface area contributed by atoms with Gasteiger partial charge in [-0.1, -0.05) is 5.21 Å². The minimum Gasteiger partial charge on any atom is -0.339 e. The molecule has 0 saturated carbocycles. The largest absolute Gasteiger partial charge is 0.339 e. The highest BCUT2D eigenvalue weighted by molar-refractivity contribution is 7.89. The molecule has 0 aromatic carbocycles. The molecule has 8 nitrogen and oxygen atoms in total. The molecule has 0 spiro atoms. The van der Waals surface area contributed by atoms with Crippen LogP contribution in [0.3, 0.4) is 0 Å². The minimum absolute atomic E-state index is 0.110. The van der Waals surface area contributed by atoms with Gasteiger partial charge in [0.2, 0.25) is 0 Å². The molecule has 1 fully saturated rings. The second kappa shape index (κ2) is 4.98. The van der Waals surface area contributed by atoms with Crippen LogP contribution in [-0.2, 0) is 17.1 Å². The summed E-state index contributed by atoms with van der Waals surface area (Å²) < 4.78 is 29.7. The van der Waals surface area contributed by atoms with Gasteiger partial charge in [-0.05, 0) is 12.8 Å². The quantitative estimate of drug-likeness (QED) is 0.798. The van der Waals surface area contributed by atoms with Crippen molar-refractivity contribution in [2.75, 3.05) is 13.1 Å². The van der Waals surface area contributed by atoms with Crippen LogP contribution in [0.5, 0.6) is 0 Å². The van der Waals surface area contributed by atoms with Crippen molar-refractivity contribution in [3.63, 3.8) is 0 Å². The molecule has 0 N–H and O–H groups in total. The lowest BCUT2D eigenvalue weighted by molar-refractivity contribution is 0.258. The van der Waals surface area contributed by atoms with Crippen LogP contribution >= 0.6 is 0 Å². The Morgan fingerprint density at radius 2 is 2.05 bits per heavy atom. The van der Waals surface area contributed by atoms with Gasteiger partial charge in [-0.15, -0.1) is 5.10 Å². The van der Waals surface area contributed by atoms with E-state index in [0.717, 1.165) is 12.8 Å². The highest BCUT2D eigenvalue weighted by Gasteiger charge is 2.31. The maximum Gasteiger partial charge on any atom is 0.262 e. The lowest BCUT2D eigenvalue weighted by atomic mass is 10.1. The summed E-state index contributed by atoms with van der Waals surface area (Å²) in [4.78, 5) is 3.94. The maximum atomic E-state index is 12.4. The van der Waals surface area contributed by atoms with Gasteiger partial charge in [0.1, 0.15) is 0 Å². The van der Waals surface area contributed by atoms with Gasteiger partial charge in [-0.3, -0.25) is 0 Å². The zero-order valence-electron chi connectivity index (χ0n) is 11.1. The van der Waals surface area contributed by atoms with Crippen molar-refractivity contribution in [3.05, 3.63) is 24.9 Å². The molecule has 20 heavy (non-hydrogen) atoms. The lowest BCUT2D eigenvalue weighted by Gasteiger charge is -2.30. The molecule has 1 saturated heterocycles. The summed E-state index contributed by atoms with van der Waals surface area (Å²) in [5, 5.41) is 7.87. The first-order valence-electron chi connectivity index (χ1n) is 6.41. The normalized spacial score (nSPS) is 18.4. The molecule has 0 aliphatic carbocycles. The Hall–Kier alpha value is -1.74. The number of sulfonamides is 1. The van der Waals surface area contributed by atoms with Crippen LogP contribution in [0.25, 0.3) is 0 Å². The molecular formula is C11H16N6O2S. The molecule has 0 bridgehead atoms. The molecule has 0 radical (unpaired) electrons. The zero-order chi connectivity index (χ0) is 14.2. The zero-order valence-corrected chi connectivity index (χ0v) is 11.9. The van der Waals surface area contributed by atoms with Crippen molar-refractivity contribution < 1.29 is 8.42 Å². The Labute approximate surface area is 117 Å². The molecule has 2 aromatic rings. The van der Waals surface area contributed by atoms with Gasteiger partial charge in [-0.25, -0.2) is 18.1 Å². The first kappa shape index (κ1) is 13.3. The lowest BCUT2D eigenvalue weighted by Crippen LogP contribution is -2.39. The summed E-state index contributed by atoms with van der Waals surface area (Å²) in [5.74, 6) is 0. The number of hydrogen-bond acceptors (Lipinski definition) is 5. The summed E-state index contributed by atoms with van der Waals surface area (Å²) >= 11 is 0. The van der Waals surface area contributed by atoms with Crippen molar-refractivity contribution in [1.82, 2.24) is 28.9 Å². The topological polar surface area (TPSA) is 85.9 Å². The molecule has 108 valence electrons. The molecule has 9 heteroatoms. The fraction of sp³-hybridized carbons (Fsp3) is 0.545. The second-order valence-corrected chi connectivity index (χ2v) is 6.78.